The second-order valence-electron chi connectivity index (χ2n) is 5.96. The Hall–Kier alpha value is -1.54. The number of carbonyl (C=O) groups excluding carboxylic acids is 1. The monoisotopic (exact) mass is 367 g/mol. The predicted molar refractivity (Wildman–Crippen MR) is 87.3 cm³/mol. The molecule has 1 saturated heterocycles. The first-order valence-corrected chi connectivity index (χ1v) is 7.58. The molecule has 2 atom stereocenters. The summed E-state index contributed by atoms with van der Waals surface area (Å²) in [7, 11) is 0. The molecule has 1 aliphatic rings. The van der Waals surface area contributed by atoms with E-state index in [0.29, 0.717) is 18.2 Å². The van der Waals surface area contributed by atoms with E-state index in [9.17, 15) is 22.8 Å². The zero-order valence-electron chi connectivity index (χ0n) is 13.2. The molecule has 136 valence electrons. The van der Waals surface area contributed by atoms with Gasteiger partial charge in [-0.2, -0.15) is 13.2 Å². The van der Waals surface area contributed by atoms with Gasteiger partial charge in [0.1, 0.15) is 5.69 Å². The minimum Gasteiger partial charge on any atom is -0.327 e. The second kappa shape index (κ2) is 8.53. The highest BCUT2D eigenvalue weighted by Crippen LogP contribution is 2.29. The predicted octanol–water partition coefficient (Wildman–Crippen LogP) is 2.78. The number of nitrogens with one attached hydrogen (secondary N) is 3. The van der Waals surface area contributed by atoms with Crippen molar-refractivity contribution in [3.05, 3.63) is 28.2 Å². The number of alkyl halides is 3. The molecular formula is C15H21ClF3N3O2. The lowest BCUT2D eigenvalue weighted by Gasteiger charge is -2.28. The summed E-state index contributed by atoms with van der Waals surface area (Å²) in [5.74, 6) is -0.00475. The summed E-state index contributed by atoms with van der Waals surface area (Å²) < 4.78 is 37.9. The number of pyridine rings is 1. The van der Waals surface area contributed by atoms with Crippen molar-refractivity contribution in [3.8, 4) is 0 Å². The van der Waals surface area contributed by atoms with Gasteiger partial charge in [-0.05, 0) is 43.8 Å². The van der Waals surface area contributed by atoms with Gasteiger partial charge in [0.2, 0.25) is 5.91 Å². The van der Waals surface area contributed by atoms with Gasteiger partial charge >= 0.3 is 6.18 Å². The molecule has 1 amide bonds. The Labute approximate surface area is 143 Å². The number of halogens is 4. The SMILES string of the molecule is CC(CC(=O)Nc1cc(C(F)(F)F)c[nH]c1=O)C1CCCNC1.Cl. The smallest absolute Gasteiger partial charge is 0.327 e. The molecule has 0 spiro atoms. The van der Waals surface area contributed by atoms with Crippen LogP contribution in [0.5, 0.6) is 0 Å². The summed E-state index contributed by atoms with van der Waals surface area (Å²) in [5.41, 5.74) is -2.13. The van der Waals surface area contributed by atoms with Crippen molar-refractivity contribution in [2.24, 2.45) is 11.8 Å². The van der Waals surface area contributed by atoms with Gasteiger partial charge in [-0.3, -0.25) is 9.59 Å². The second-order valence-corrected chi connectivity index (χ2v) is 5.96. The van der Waals surface area contributed by atoms with Crippen molar-refractivity contribution < 1.29 is 18.0 Å². The fourth-order valence-corrected chi connectivity index (χ4v) is 2.77. The molecule has 0 aliphatic carbocycles. The fraction of sp³-hybridized carbons (Fsp3) is 0.600. The summed E-state index contributed by atoms with van der Waals surface area (Å²) >= 11 is 0. The van der Waals surface area contributed by atoms with E-state index in [1.807, 2.05) is 11.9 Å². The van der Waals surface area contributed by atoms with E-state index in [0.717, 1.165) is 25.9 Å². The number of piperidine rings is 1. The van der Waals surface area contributed by atoms with Crippen molar-refractivity contribution in [2.45, 2.75) is 32.4 Å². The van der Waals surface area contributed by atoms with Crippen LogP contribution in [-0.2, 0) is 11.0 Å². The van der Waals surface area contributed by atoms with Crippen molar-refractivity contribution in [1.82, 2.24) is 10.3 Å². The zero-order chi connectivity index (χ0) is 17.0. The third kappa shape index (κ3) is 5.52. The van der Waals surface area contributed by atoms with Crippen LogP contribution < -0.4 is 16.2 Å². The first-order chi connectivity index (χ1) is 10.8. The van der Waals surface area contributed by atoms with Gasteiger partial charge in [0, 0.05) is 12.6 Å². The highest BCUT2D eigenvalue weighted by atomic mass is 35.5. The van der Waals surface area contributed by atoms with Crippen LogP contribution in [0, 0.1) is 11.8 Å². The van der Waals surface area contributed by atoms with E-state index in [1.165, 1.54) is 0 Å². The molecule has 1 aromatic heterocycles. The van der Waals surface area contributed by atoms with E-state index >= 15 is 0 Å². The zero-order valence-corrected chi connectivity index (χ0v) is 14.0. The molecule has 5 nitrogen and oxygen atoms in total. The molecule has 0 bridgehead atoms. The molecule has 0 radical (unpaired) electrons. The van der Waals surface area contributed by atoms with Crippen LogP contribution in [0.2, 0.25) is 0 Å². The highest BCUT2D eigenvalue weighted by molar-refractivity contribution is 5.90. The van der Waals surface area contributed by atoms with Crippen LogP contribution in [0.15, 0.2) is 17.1 Å². The lowest BCUT2D eigenvalue weighted by molar-refractivity contribution is -0.137. The Balaban J connectivity index is 0.00000288. The molecule has 1 aromatic rings. The molecule has 2 rings (SSSR count). The first kappa shape index (κ1) is 20.5. The maximum absolute atomic E-state index is 12.6. The van der Waals surface area contributed by atoms with E-state index < -0.39 is 23.2 Å². The topological polar surface area (TPSA) is 74.0 Å². The minimum atomic E-state index is -4.58. The Kier molecular flexibility index (Phi) is 7.28. The summed E-state index contributed by atoms with van der Waals surface area (Å²) in [5, 5.41) is 5.55. The molecule has 0 aromatic carbocycles. The van der Waals surface area contributed by atoms with Crippen LogP contribution in [0.1, 0.15) is 31.7 Å². The van der Waals surface area contributed by atoms with Crippen LogP contribution in [0.25, 0.3) is 0 Å². The summed E-state index contributed by atoms with van der Waals surface area (Å²) in [6, 6.07) is 0.656. The maximum atomic E-state index is 12.6. The third-order valence-corrected chi connectivity index (χ3v) is 4.15. The number of anilines is 1. The van der Waals surface area contributed by atoms with E-state index in [-0.39, 0.29) is 30.4 Å². The van der Waals surface area contributed by atoms with Crippen LogP contribution in [0.3, 0.4) is 0 Å². The normalized spacial score (nSPS) is 19.2. The Morgan fingerprint density at radius 3 is 2.75 bits per heavy atom. The number of carbonyl (C=O) groups is 1. The first-order valence-electron chi connectivity index (χ1n) is 7.58. The molecule has 0 saturated carbocycles. The molecular weight excluding hydrogens is 347 g/mol. The van der Waals surface area contributed by atoms with Crippen LogP contribution in [0.4, 0.5) is 18.9 Å². The van der Waals surface area contributed by atoms with E-state index in [2.05, 4.69) is 10.6 Å². The molecule has 24 heavy (non-hydrogen) atoms. The minimum absolute atomic E-state index is 0. The maximum Gasteiger partial charge on any atom is 0.417 e. The van der Waals surface area contributed by atoms with Gasteiger partial charge < -0.3 is 15.6 Å². The molecule has 2 heterocycles. The van der Waals surface area contributed by atoms with Crippen molar-refractivity contribution in [3.63, 3.8) is 0 Å². The number of hydrogen-bond acceptors (Lipinski definition) is 3. The molecule has 3 N–H and O–H groups in total. The van der Waals surface area contributed by atoms with Crippen LogP contribution in [-0.4, -0.2) is 24.0 Å². The highest BCUT2D eigenvalue weighted by Gasteiger charge is 2.31. The van der Waals surface area contributed by atoms with Gasteiger partial charge in [0.05, 0.1) is 5.56 Å². The Morgan fingerprint density at radius 1 is 1.46 bits per heavy atom. The number of hydrogen-bond donors (Lipinski definition) is 3. The molecule has 9 heteroatoms. The Bertz CT molecular complexity index is 613. The summed E-state index contributed by atoms with van der Waals surface area (Å²) in [4.78, 5) is 25.6. The average Bonchev–Trinajstić information content (AvgIpc) is 2.49. The Morgan fingerprint density at radius 2 is 2.17 bits per heavy atom. The van der Waals surface area contributed by atoms with Gasteiger partial charge in [-0.25, -0.2) is 0 Å². The van der Waals surface area contributed by atoms with Crippen LogP contribution >= 0.6 is 12.4 Å². The number of rotatable bonds is 4. The standard InChI is InChI=1S/C15H20F3N3O2.ClH/c1-9(10-3-2-4-19-7-10)5-13(22)21-12-6-11(15(16,17)18)8-20-14(12)23;/h6,8-10,19H,2-5,7H2,1H3,(H,20,23)(H,21,22);1H. The van der Waals surface area contributed by atoms with Crippen molar-refractivity contribution in [1.29, 1.82) is 0 Å². The van der Waals surface area contributed by atoms with Gasteiger partial charge in [-0.1, -0.05) is 6.92 Å². The van der Waals surface area contributed by atoms with Crippen molar-refractivity contribution in [2.75, 3.05) is 18.4 Å². The van der Waals surface area contributed by atoms with Gasteiger partial charge in [0.15, 0.2) is 0 Å². The quantitative estimate of drug-likeness (QED) is 0.766. The van der Waals surface area contributed by atoms with Gasteiger partial charge in [-0.15, -0.1) is 12.4 Å². The molecule has 1 aliphatic heterocycles. The van der Waals surface area contributed by atoms with E-state index in [4.69, 9.17) is 0 Å². The summed E-state index contributed by atoms with van der Waals surface area (Å²) in [6.45, 7) is 3.74. The number of H-pyrrole nitrogens is 1. The number of aromatic nitrogens is 1. The number of aromatic amines is 1. The third-order valence-electron chi connectivity index (χ3n) is 4.15. The molecule has 2 unspecified atom stereocenters. The van der Waals surface area contributed by atoms with E-state index in [1.54, 1.807) is 0 Å². The van der Waals surface area contributed by atoms with Gasteiger partial charge in [0.25, 0.3) is 5.56 Å². The molecule has 1 fully saturated rings. The van der Waals surface area contributed by atoms with Crippen molar-refractivity contribution >= 4 is 24.0 Å². The lowest BCUT2D eigenvalue weighted by atomic mass is 9.85. The largest absolute Gasteiger partial charge is 0.417 e. The number of amides is 1. The lowest BCUT2D eigenvalue weighted by Crippen LogP contribution is -2.34. The fourth-order valence-electron chi connectivity index (χ4n) is 2.77. The average molecular weight is 368 g/mol. The summed E-state index contributed by atoms with van der Waals surface area (Å²) in [6.07, 6.45) is -1.75.